The third-order valence-corrected chi connectivity index (χ3v) is 3.09. The van der Waals surface area contributed by atoms with Crippen LogP contribution in [0.5, 0.6) is 0 Å². The first-order chi connectivity index (χ1) is 7.58. The summed E-state index contributed by atoms with van der Waals surface area (Å²) in [4.78, 5) is 2.56. The normalized spacial score (nSPS) is 18.9. The largest absolute Gasteiger partial charge is 0.317 e. The van der Waals surface area contributed by atoms with Crippen LogP contribution in [-0.4, -0.2) is 50.7 Å². The maximum absolute atomic E-state index is 3.54. The summed E-state index contributed by atoms with van der Waals surface area (Å²) in [6.45, 7) is 15.3. The molecule has 0 atom stereocenters. The van der Waals surface area contributed by atoms with Crippen molar-refractivity contribution in [3.8, 4) is 0 Å². The molecule has 1 saturated heterocycles. The Morgan fingerprint density at radius 1 is 1.12 bits per heavy atom. The molecule has 1 aliphatic rings. The fraction of sp³-hybridized carbons (Fsp3) is 1.00. The summed E-state index contributed by atoms with van der Waals surface area (Å²) in [7, 11) is 0. The van der Waals surface area contributed by atoms with E-state index in [2.05, 4.69) is 36.3 Å². The van der Waals surface area contributed by atoms with Gasteiger partial charge in [-0.25, -0.2) is 0 Å². The predicted molar refractivity (Wildman–Crippen MR) is 70.9 cm³/mol. The van der Waals surface area contributed by atoms with Crippen molar-refractivity contribution >= 4 is 0 Å². The fourth-order valence-corrected chi connectivity index (χ4v) is 1.95. The molecule has 0 spiro atoms. The van der Waals surface area contributed by atoms with Gasteiger partial charge in [0, 0.05) is 26.2 Å². The molecule has 0 aromatic heterocycles. The van der Waals surface area contributed by atoms with E-state index >= 15 is 0 Å². The molecule has 0 aromatic carbocycles. The van der Waals surface area contributed by atoms with Crippen LogP contribution in [0.15, 0.2) is 0 Å². The minimum Gasteiger partial charge on any atom is -0.317 e. The summed E-state index contributed by atoms with van der Waals surface area (Å²) in [5, 5.41) is 6.92. The zero-order valence-electron chi connectivity index (χ0n) is 11.3. The van der Waals surface area contributed by atoms with Crippen molar-refractivity contribution in [2.24, 2.45) is 5.41 Å². The summed E-state index contributed by atoms with van der Waals surface area (Å²) in [5.41, 5.74) is 0.464. The van der Waals surface area contributed by atoms with Crippen molar-refractivity contribution in [1.29, 1.82) is 0 Å². The molecular weight excluding hydrogens is 198 g/mol. The van der Waals surface area contributed by atoms with E-state index < -0.39 is 0 Å². The van der Waals surface area contributed by atoms with Crippen molar-refractivity contribution in [3.05, 3.63) is 0 Å². The lowest BCUT2D eigenvalue weighted by atomic mass is 9.92. The summed E-state index contributed by atoms with van der Waals surface area (Å²) in [6.07, 6.45) is 2.55. The molecule has 0 saturated carbocycles. The Bertz CT molecular complexity index is 169. The lowest BCUT2D eigenvalue weighted by Crippen LogP contribution is -2.44. The van der Waals surface area contributed by atoms with Crippen LogP contribution in [0.2, 0.25) is 0 Å². The van der Waals surface area contributed by atoms with Crippen LogP contribution in [0, 0.1) is 5.41 Å². The molecule has 1 rings (SSSR count). The van der Waals surface area contributed by atoms with Crippen molar-refractivity contribution in [3.63, 3.8) is 0 Å². The van der Waals surface area contributed by atoms with E-state index in [0.29, 0.717) is 5.41 Å². The van der Waals surface area contributed by atoms with Gasteiger partial charge >= 0.3 is 0 Å². The van der Waals surface area contributed by atoms with Gasteiger partial charge in [-0.3, -0.25) is 0 Å². The van der Waals surface area contributed by atoms with Gasteiger partial charge < -0.3 is 15.5 Å². The van der Waals surface area contributed by atoms with Crippen molar-refractivity contribution in [2.75, 3.05) is 45.8 Å². The van der Waals surface area contributed by atoms with Gasteiger partial charge in [0.15, 0.2) is 0 Å². The van der Waals surface area contributed by atoms with Gasteiger partial charge in [0.25, 0.3) is 0 Å². The Labute approximate surface area is 101 Å². The molecule has 0 aliphatic carbocycles. The number of hydrogen-bond acceptors (Lipinski definition) is 3. The van der Waals surface area contributed by atoms with E-state index in [9.17, 15) is 0 Å². The Kier molecular flexibility index (Phi) is 6.32. The SMILES string of the molecule is CC(C)(C)CCNCCCN1CCNCC1. The van der Waals surface area contributed by atoms with E-state index in [0.717, 1.165) is 19.6 Å². The molecule has 0 bridgehead atoms. The molecule has 1 fully saturated rings. The predicted octanol–water partition coefficient (Wildman–Crippen LogP) is 1.31. The van der Waals surface area contributed by atoms with E-state index in [1.54, 1.807) is 0 Å². The first kappa shape index (κ1) is 13.9. The number of piperazine rings is 1. The second-order valence-electron chi connectivity index (χ2n) is 6.01. The van der Waals surface area contributed by atoms with Crippen LogP contribution in [0.4, 0.5) is 0 Å². The summed E-state index contributed by atoms with van der Waals surface area (Å²) < 4.78 is 0. The molecule has 1 aliphatic heterocycles. The van der Waals surface area contributed by atoms with E-state index in [4.69, 9.17) is 0 Å². The minimum atomic E-state index is 0.464. The van der Waals surface area contributed by atoms with Crippen LogP contribution in [-0.2, 0) is 0 Å². The zero-order chi connectivity index (χ0) is 11.9. The molecule has 0 aromatic rings. The molecule has 1 heterocycles. The average Bonchev–Trinajstić information content (AvgIpc) is 2.23. The van der Waals surface area contributed by atoms with Gasteiger partial charge in [-0.15, -0.1) is 0 Å². The summed E-state index contributed by atoms with van der Waals surface area (Å²) in [5.74, 6) is 0. The monoisotopic (exact) mass is 227 g/mol. The van der Waals surface area contributed by atoms with E-state index in [1.165, 1.54) is 39.0 Å². The second kappa shape index (κ2) is 7.25. The molecular formula is C13H29N3. The van der Waals surface area contributed by atoms with Crippen molar-refractivity contribution in [1.82, 2.24) is 15.5 Å². The highest BCUT2D eigenvalue weighted by Gasteiger charge is 2.09. The van der Waals surface area contributed by atoms with Gasteiger partial charge in [0.2, 0.25) is 0 Å². The number of nitrogens with zero attached hydrogens (tertiary/aromatic N) is 1. The second-order valence-corrected chi connectivity index (χ2v) is 6.01. The van der Waals surface area contributed by atoms with Gasteiger partial charge in [-0.2, -0.15) is 0 Å². The minimum absolute atomic E-state index is 0.464. The third-order valence-electron chi connectivity index (χ3n) is 3.09. The van der Waals surface area contributed by atoms with Crippen LogP contribution < -0.4 is 10.6 Å². The first-order valence-corrected chi connectivity index (χ1v) is 6.72. The average molecular weight is 227 g/mol. The molecule has 2 N–H and O–H groups in total. The Morgan fingerprint density at radius 2 is 1.81 bits per heavy atom. The molecule has 0 unspecified atom stereocenters. The van der Waals surface area contributed by atoms with Crippen molar-refractivity contribution in [2.45, 2.75) is 33.6 Å². The van der Waals surface area contributed by atoms with Crippen LogP contribution in [0.3, 0.4) is 0 Å². The van der Waals surface area contributed by atoms with Crippen molar-refractivity contribution < 1.29 is 0 Å². The lowest BCUT2D eigenvalue weighted by Gasteiger charge is -2.27. The lowest BCUT2D eigenvalue weighted by molar-refractivity contribution is 0.237. The molecule has 0 radical (unpaired) electrons. The van der Waals surface area contributed by atoms with Gasteiger partial charge in [-0.05, 0) is 37.9 Å². The zero-order valence-corrected chi connectivity index (χ0v) is 11.3. The Balaban J connectivity index is 1.87. The molecule has 16 heavy (non-hydrogen) atoms. The molecule has 3 nitrogen and oxygen atoms in total. The number of rotatable bonds is 6. The van der Waals surface area contributed by atoms with E-state index in [1.807, 2.05) is 0 Å². The van der Waals surface area contributed by atoms with Gasteiger partial charge in [0.05, 0.1) is 0 Å². The van der Waals surface area contributed by atoms with Gasteiger partial charge in [-0.1, -0.05) is 20.8 Å². The van der Waals surface area contributed by atoms with Crippen LogP contribution in [0.25, 0.3) is 0 Å². The first-order valence-electron chi connectivity index (χ1n) is 6.72. The number of hydrogen-bond donors (Lipinski definition) is 2. The molecule has 3 heteroatoms. The quantitative estimate of drug-likeness (QED) is 0.670. The maximum atomic E-state index is 3.54. The van der Waals surface area contributed by atoms with Gasteiger partial charge in [0.1, 0.15) is 0 Å². The standard InChI is InChI=1S/C13H29N3/c1-13(2,3)5-7-14-6-4-10-16-11-8-15-9-12-16/h14-15H,4-12H2,1-3H3. The Hall–Kier alpha value is -0.120. The maximum Gasteiger partial charge on any atom is 0.0107 e. The van der Waals surface area contributed by atoms with Crippen LogP contribution >= 0.6 is 0 Å². The highest BCUT2D eigenvalue weighted by molar-refractivity contribution is 4.68. The smallest absolute Gasteiger partial charge is 0.0107 e. The fourth-order valence-electron chi connectivity index (χ4n) is 1.95. The topological polar surface area (TPSA) is 27.3 Å². The van der Waals surface area contributed by atoms with Crippen LogP contribution in [0.1, 0.15) is 33.6 Å². The third kappa shape index (κ3) is 7.20. The Morgan fingerprint density at radius 3 is 2.44 bits per heavy atom. The summed E-state index contributed by atoms with van der Waals surface area (Å²) in [6, 6.07) is 0. The van der Waals surface area contributed by atoms with E-state index in [-0.39, 0.29) is 0 Å². The highest BCUT2D eigenvalue weighted by Crippen LogP contribution is 2.16. The summed E-state index contributed by atoms with van der Waals surface area (Å²) >= 11 is 0. The molecule has 0 amide bonds. The molecule has 96 valence electrons. The highest BCUT2D eigenvalue weighted by atomic mass is 15.2. The number of nitrogens with one attached hydrogen (secondary N) is 2.